The Hall–Kier alpha value is 0.820. The first-order valence-electron chi connectivity index (χ1n) is 1.49. The Morgan fingerprint density at radius 2 is 1.86 bits per heavy atom. The molecule has 0 spiro atoms. The fraction of sp³-hybridized carbons (Fsp3) is 0.667. The molecule has 38 valence electrons. The molecule has 0 heterocycles. The third-order valence-electron chi connectivity index (χ3n) is 0.302. The zero-order chi connectivity index (χ0) is 4.28. The Labute approximate surface area is 72.0 Å². The van der Waals surface area contributed by atoms with Crippen molar-refractivity contribution in [2.24, 2.45) is 0 Å². The normalized spacial score (nSPS) is 5.29. The van der Waals surface area contributed by atoms with Crippen molar-refractivity contribution < 1.29 is 39.5 Å². The molecule has 2 nitrogen and oxygen atoms in total. The summed E-state index contributed by atoms with van der Waals surface area (Å²) in [6.45, 7) is 1.60. The second kappa shape index (κ2) is 9.94. The van der Waals surface area contributed by atoms with Gasteiger partial charge < -0.3 is 18.6 Å². The van der Waals surface area contributed by atoms with Gasteiger partial charge in [0.2, 0.25) is 0 Å². The van der Waals surface area contributed by atoms with Crippen LogP contribution >= 0.6 is 0 Å². The van der Waals surface area contributed by atoms with Crippen LogP contribution in [0.1, 0.15) is 13.3 Å². The number of aliphatic carboxylic acids is 1. The van der Waals surface area contributed by atoms with Crippen molar-refractivity contribution in [3.63, 3.8) is 0 Å². The smallest absolute Gasteiger partial charge is 0.813 e. The summed E-state index contributed by atoms with van der Waals surface area (Å²) < 4.78 is 0. The molecule has 4 heteroatoms. The number of hydrogen-bond acceptors (Lipinski definition) is 2. The molecular formula is C3H7NaO2S. The van der Waals surface area contributed by atoms with E-state index in [-0.39, 0.29) is 49.5 Å². The van der Waals surface area contributed by atoms with E-state index in [1.54, 1.807) is 6.92 Å². The Kier molecular flexibility index (Phi) is 22.2. The standard InChI is InChI=1S/C3H6O2.Na.H2S/c1-2-3(4)5;;/h2H2,1H3,(H,4,5);;1H2/q;+1;/p-1. The Morgan fingerprint density at radius 3 is 1.86 bits per heavy atom. The van der Waals surface area contributed by atoms with Crippen molar-refractivity contribution in [2.45, 2.75) is 13.3 Å². The first kappa shape index (κ1) is 15.7. The van der Waals surface area contributed by atoms with E-state index in [1.165, 1.54) is 0 Å². The van der Waals surface area contributed by atoms with Gasteiger partial charge in [-0.1, -0.05) is 6.92 Å². The summed E-state index contributed by atoms with van der Waals surface area (Å²) in [4.78, 5) is 9.37. The van der Waals surface area contributed by atoms with E-state index in [4.69, 9.17) is 5.11 Å². The fourth-order valence-corrected chi connectivity index (χ4v) is 0. The van der Waals surface area contributed by atoms with Crippen molar-refractivity contribution in [3.8, 4) is 0 Å². The third kappa shape index (κ3) is 19.9. The summed E-state index contributed by atoms with van der Waals surface area (Å²) in [6.07, 6.45) is 0.222. The van der Waals surface area contributed by atoms with Crippen LogP contribution < -0.4 is 29.6 Å². The van der Waals surface area contributed by atoms with E-state index < -0.39 is 5.97 Å². The average molecular weight is 130 g/mol. The molecule has 0 saturated carbocycles. The molecule has 0 aliphatic carbocycles. The van der Waals surface area contributed by atoms with E-state index in [0.29, 0.717) is 0 Å². The van der Waals surface area contributed by atoms with Gasteiger partial charge in [-0.15, -0.1) is 0 Å². The average Bonchev–Trinajstić information content (AvgIpc) is 1.38. The van der Waals surface area contributed by atoms with Crippen molar-refractivity contribution in [2.75, 3.05) is 0 Å². The molecule has 0 aliphatic rings. The monoisotopic (exact) mass is 130 g/mol. The molecule has 0 fully saturated rings. The van der Waals surface area contributed by atoms with Crippen LogP contribution in [0.15, 0.2) is 0 Å². The van der Waals surface area contributed by atoms with Crippen LogP contribution in [0.4, 0.5) is 0 Å². The van der Waals surface area contributed by atoms with E-state index >= 15 is 0 Å². The van der Waals surface area contributed by atoms with Crippen molar-refractivity contribution in [3.05, 3.63) is 0 Å². The topological polar surface area (TPSA) is 37.3 Å². The maximum absolute atomic E-state index is 9.37. The molecule has 0 rings (SSSR count). The Bertz CT molecular complexity index is 48.2. The van der Waals surface area contributed by atoms with Gasteiger partial charge in [-0.25, -0.2) is 0 Å². The summed E-state index contributed by atoms with van der Waals surface area (Å²) in [6, 6.07) is 0. The SMILES string of the molecule is CCC(=O)O.[Na+].[SH-]. The minimum Gasteiger partial charge on any atom is -0.813 e. The second-order valence-corrected chi connectivity index (χ2v) is 0.747. The van der Waals surface area contributed by atoms with Gasteiger partial charge in [0.25, 0.3) is 0 Å². The molecule has 0 bridgehead atoms. The molecule has 0 aromatic carbocycles. The van der Waals surface area contributed by atoms with Gasteiger partial charge in [0.05, 0.1) is 0 Å². The molecule has 0 amide bonds. The molecule has 0 aromatic rings. The number of carboxylic acid groups (broad SMARTS) is 1. The van der Waals surface area contributed by atoms with Gasteiger partial charge in [0.15, 0.2) is 0 Å². The molecule has 0 unspecified atom stereocenters. The first-order chi connectivity index (χ1) is 2.27. The maximum Gasteiger partial charge on any atom is 1.00 e. The van der Waals surface area contributed by atoms with Gasteiger partial charge in [-0.2, -0.15) is 0 Å². The number of rotatable bonds is 1. The summed E-state index contributed by atoms with van der Waals surface area (Å²) in [7, 11) is 0. The van der Waals surface area contributed by atoms with Gasteiger partial charge in [0.1, 0.15) is 0 Å². The van der Waals surface area contributed by atoms with Crippen LogP contribution in [-0.4, -0.2) is 11.1 Å². The van der Waals surface area contributed by atoms with E-state index in [9.17, 15) is 4.79 Å². The zero-order valence-electron chi connectivity index (χ0n) is 4.51. The van der Waals surface area contributed by atoms with Crippen molar-refractivity contribution >= 4 is 19.5 Å². The molecule has 0 aromatic heterocycles. The molecule has 1 N–H and O–H groups in total. The predicted octanol–water partition coefficient (Wildman–Crippen LogP) is -2.79. The van der Waals surface area contributed by atoms with Crippen molar-refractivity contribution in [1.29, 1.82) is 0 Å². The summed E-state index contributed by atoms with van der Waals surface area (Å²) in [5.41, 5.74) is 0. The summed E-state index contributed by atoms with van der Waals surface area (Å²) >= 11 is 0. The minimum absolute atomic E-state index is 0. The molecular weight excluding hydrogens is 123 g/mol. The number of carboxylic acids is 1. The minimum atomic E-state index is -0.745. The molecule has 0 saturated heterocycles. The Balaban J connectivity index is -0.0000000800. The molecule has 0 aliphatic heterocycles. The number of thiol groups is 1. The quantitative estimate of drug-likeness (QED) is 0.237. The van der Waals surface area contributed by atoms with Crippen LogP contribution in [0.5, 0.6) is 0 Å². The Morgan fingerprint density at radius 1 is 1.71 bits per heavy atom. The largest absolute Gasteiger partial charge is 1.00 e. The van der Waals surface area contributed by atoms with Crippen LogP contribution in [0.3, 0.4) is 0 Å². The van der Waals surface area contributed by atoms with Crippen LogP contribution in [0.2, 0.25) is 0 Å². The third-order valence-corrected chi connectivity index (χ3v) is 0.302. The van der Waals surface area contributed by atoms with E-state index in [2.05, 4.69) is 0 Å². The molecule has 0 radical (unpaired) electrons. The summed E-state index contributed by atoms with van der Waals surface area (Å²) in [5, 5.41) is 7.72. The van der Waals surface area contributed by atoms with Crippen LogP contribution in [0, 0.1) is 0 Å². The van der Waals surface area contributed by atoms with Gasteiger partial charge >= 0.3 is 35.5 Å². The fourth-order valence-electron chi connectivity index (χ4n) is 0. The first-order valence-corrected chi connectivity index (χ1v) is 1.49. The second-order valence-electron chi connectivity index (χ2n) is 0.747. The van der Waals surface area contributed by atoms with Gasteiger partial charge in [-0.05, 0) is 0 Å². The van der Waals surface area contributed by atoms with Crippen LogP contribution in [0.25, 0.3) is 0 Å². The maximum atomic E-state index is 9.37. The van der Waals surface area contributed by atoms with E-state index in [0.717, 1.165) is 0 Å². The van der Waals surface area contributed by atoms with Gasteiger partial charge in [-0.3, -0.25) is 4.79 Å². The number of carbonyl (C=O) groups is 1. The summed E-state index contributed by atoms with van der Waals surface area (Å²) in [5.74, 6) is -0.745. The predicted molar refractivity (Wildman–Crippen MR) is 26.7 cm³/mol. The number of hydrogen-bond donors (Lipinski definition) is 1. The molecule has 0 atom stereocenters. The zero-order valence-corrected chi connectivity index (χ0v) is 7.40. The van der Waals surface area contributed by atoms with E-state index in [1.807, 2.05) is 0 Å². The van der Waals surface area contributed by atoms with Crippen LogP contribution in [-0.2, 0) is 18.3 Å². The van der Waals surface area contributed by atoms with Gasteiger partial charge in [0, 0.05) is 6.42 Å². The molecule has 7 heavy (non-hydrogen) atoms. The van der Waals surface area contributed by atoms with Crippen molar-refractivity contribution in [1.82, 2.24) is 0 Å².